The van der Waals surface area contributed by atoms with Gasteiger partial charge in [0.1, 0.15) is 11.3 Å². The van der Waals surface area contributed by atoms with Gasteiger partial charge >= 0.3 is 0 Å². The Labute approximate surface area is 161 Å². The van der Waals surface area contributed by atoms with E-state index in [1.165, 1.54) is 5.56 Å². The Hall–Kier alpha value is -2.92. The molecule has 4 nitrogen and oxygen atoms in total. The lowest BCUT2D eigenvalue weighted by Crippen LogP contribution is -2.23. The van der Waals surface area contributed by atoms with Gasteiger partial charge in [-0.15, -0.1) is 0 Å². The molecule has 0 aliphatic carbocycles. The highest BCUT2D eigenvalue weighted by molar-refractivity contribution is 7.97. The van der Waals surface area contributed by atoms with Gasteiger partial charge < -0.3 is 14.2 Å². The maximum atomic E-state index is 12.7. The van der Waals surface area contributed by atoms with Crippen LogP contribution >= 0.6 is 11.8 Å². The van der Waals surface area contributed by atoms with Crippen LogP contribution in [0.2, 0.25) is 0 Å². The molecule has 2 aromatic carbocycles. The molecule has 0 unspecified atom stereocenters. The van der Waals surface area contributed by atoms with E-state index in [4.69, 9.17) is 8.83 Å². The minimum absolute atomic E-state index is 0.224. The molecule has 0 aliphatic heterocycles. The predicted octanol–water partition coefficient (Wildman–Crippen LogP) is 5.39. The van der Waals surface area contributed by atoms with Crippen molar-refractivity contribution in [2.45, 2.75) is 18.1 Å². The number of hydrogen-bond donors (Lipinski definition) is 1. The third kappa shape index (κ3) is 4.09. The molecular weight excluding hydrogens is 358 g/mol. The first-order chi connectivity index (χ1) is 13.3. The van der Waals surface area contributed by atoms with Crippen LogP contribution < -0.4 is 5.32 Å². The fraction of sp³-hybridized carbons (Fsp3) is 0.136. The Morgan fingerprint density at radius 3 is 2.56 bits per heavy atom. The fourth-order valence-corrected chi connectivity index (χ4v) is 3.95. The van der Waals surface area contributed by atoms with Gasteiger partial charge in [-0.25, -0.2) is 0 Å². The zero-order valence-electron chi connectivity index (χ0n) is 14.7. The van der Waals surface area contributed by atoms with Gasteiger partial charge in [0.05, 0.1) is 12.8 Å². The van der Waals surface area contributed by atoms with Gasteiger partial charge in [-0.1, -0.05) is 48.5 Å². The first-order valence-electron chi connectivity index (χ1n) is 8.74. The van der Waals surface area contributed by atoms with Crippen molar-refractivity contribution >= 4 is 28.6 Å². The van der Waals surface area contributed by atoms with Crippen molar-refractivity contribution in [2.75, 3.05) is 0 Å². The van der Waals surface area contributed by atoms with E-state index in [1.807, 2.05) is 48.5 Å². The molecule has 136 valence electrons. The standard InChI is InChI=1S/C22H19NO3S/c24-22(23-13-17-9-6-12-25-17)21-19(18-10-4-5-11-20(18)26-21)15-27-14-16-7-2-1-3-8-16/h1-12H,13-15H2,(H,23,24). The first-order valence-corrected chi connectivity index (χ1v) is 9.89. The number of thioether (sulfide) groups is 1. The van der Waals surface area contributed by atoms with Gasteiger partial charge in [-0.2, -0.15) is 11.8 Å². The van der Waals surface area contributed by atoms with E-state index in [0.717, 1.165) is 22.3 Å². The van der Waals surface area contributed by atoms with E-state index in [-0.39, 0.29) is 5.91 Å². The molecule has 0 saturated carbocycles. The van der Waals surface area contributed by atoms with Gasteiger partial charge in [0.2, 0.25) is 0 Å². The second-order valence-electron chi connectivity index (χ2n) is 6.15. The number of rotatable bonds is 7. The molecule has 5 heteroatoms. The number of benzene rings is 2. The largest absolute Gasteiger partial charge is 0.467 e. The molecule has 27 heavy (non-hydrogen) atoms. The van der Waals surface area contributed by atoms with Crippen molar-refractivity contribution in [1.82, 2.24) is 5.32 Å². The number of fused-ring (bicyclic) bond motifs is 1. The van der Waals surface area contributed by atoms with Crippen molar-refractivity contribution in [3.8, 4) is 0 Å². The number of carbonyl (C=O) groups excluding carboxylic acids is 1. The van der Waals surface area contributed by atoms with E-state index in [2.05, 4.69) is 17.4 Å². The number of furan rings is 2. The van der Waals surface area contributed by atoms with Crippen molar-refractivity contribution in [1.29, 1.82) is 0 Å². The Morgan fingerprint density at radius 2 is 1.74 bits per heavy atom. The SMILES string of the molecule is O=C(NCc1ccco1)c1oc2ccccc2c1CSCc1ccccc1. The molecular formula is C22H19NO3S. The Bertz CT molecular complexity index is 1020. The summed E-state index contributed by atoms with van der Waals surface area (Å²) >= 11 is 1.77. The molecule has 4 aromatic rings. The van der Waals surface area contributed by atoms with Crippen LogP contribution in [0.15, 0.2) is 81.8 Å². The van der Waals surface area contributed by atoms with E-state index in [0.29, 0.717) is 23.8 Å². The third-order valence-corrected chi connectivity index (χ3v) is 5.30. The monoisotopic (exact) mass is 377 g/mol. The fourth-order valence-electron chi connectivity index (χ4n) is 2.93. The summed E-state index contributed by atoms with van der Waals surface area (Å²) in [5.41, 5.74) is 2.93. The maximum Gasteiger partial charge on any atom is 0.287 e. The van der Waals surface area contributed by atoms with Gasteiger partial charge in [0, 0.05) is 22.5 Å². The Balaban J connectivity index is 1.52. The minimum atomic E-state index is -0.224. The zero-order chi connectivity index (χ0) is 18.5. The molecule has 2 aromatic heterocycles. The summed E-state index contributed by atoms with van der Waals surface area (Å²) in [6, 6.07) is 21.7. The molecule has 0 bridgehead atoms. The van der Waals surface area contributed by atoms with Crippen molar-refractivity contribution in [2.24, 2.45) is 0 Å². The van der Waals surface area contributed by atoms with Crippen LogP contribution in [0.5, 0.6) is 0 Å². The number of hydrogen-bond acceptors (Lipinski definition) is 4. The summed E-state index contributed by atoms with van der Waals surface area (Å²) in [5.74, 6) is 2.45. The minimum Gasteiger partial charge on any atom is -0.467 e. The van der Waals surface area contributed by atoms with Gasteiger partial charge in [-0.3, -0.25) is 4.79 Å². The Morgan fingerprint density at radius 1 is 0.926 bits per heavy atom. The van der Waals surface area contributed by atoms with E-state index in [9.17, 15) is 4.79 Å². The van der Waals surface area contributed by atoms with Crippen LogP contribution in [0.25, 0.3) is 11.0 Å². The lowest BCUT2D eigenvalue weighted by atomic mass is 10.1. The van der Waals surface area contributed by atoms with Crippen LogP contribution in [0.1, 0.15) is 27.4 Å². The van der Waals surface area contributed by atoms with E-state index in [1.54, 1.807) is 24.1 Å². The quantitative estimate of drug-likeness (QED) is 0.469. The predicted molar refractivity (Wildman–Crippen MR) is 108 cm³/mol. The Kier molecular flexibility index (Phi) is 5.30. The number of carbonyl (C=O) groups is 1. The van der Waals surface area contributed by atoms with Crippen molar-refractivity contribution in [3.63, 3.8) is 0 Å². The molecule has 0 spiro atoms. The molecule has 0 radical (unpaired) electrons. The molecule has 2 heterocycles. The molecule has 0 atom stereocenters. The second-order valence-corrected chi connectivity index (χ2v) is 7.13. The molecule has 1 amide bonds. The van der Waals surface area contributed by atoms with Gasteiger partial charge in [0.15, 0.2) is 5.76 Å². The van der Waals surface area contributed by atoms with E-state index < -0.39 is 0 Å². The highest BCUT2D eigenvalue weighted by Gasteiger charge is 2.20. The smallest absolute Gasteiger partial charge is 0.287 e. The molecule has 4 rings (SSSR count). The highest BCUT2D eigenvalue weighted by atomic mass is 32.2. The summed E-state index contributed by atoms with van der Waals surface area (Å²) in [7, 11) is 0. The van der Waals surface area contributed by atoms with Crippen LogP contribution in [-0.2, 0) is 18.1 Å². The summed E-state index contributed by atoms with van der Waals surface area (Å²) in [6.45, 7) is 0.333. The molecule has 0 saturated heterocycles. The molecule has 1 N–H and O–H groups in total. The molecule has 0 fully saturated rings. The number of para-hydroxylation sites is 1. The van der Waals surface area contributed by atoms with Crippen LogP contribution in [-0.4, -0.2) is 5.91 Å². The normalized spacial score (nSPS) is 11.0. The van der Waals surface area contributed by atoms with Gasteiger partial charge in [-0.05, 0) is 23.8 Å². The average Bonchev–Trinajstić information content (AvgIpc) is 3.35. The summed E-state index contributed by atoms with van der Waals surface area (Å²) < 4.78 is 11.2. The highest BCUT2D eigenvalue weighted by Crippen LogP contribution is 2.30. The number of nitrogens with one attached hydrogen (secondary N) is 1. The maximum absolute atomic E-state index is 12.7. The third-order valence-electron chi connectivity index (χ3n) is 4.27. The second kappa shape index (κ2) is 8.18. The van der Waals surface area contributed by atoms with Crippen molar-refractivity contribution in [3.05, 3.63) is 95.6 Å². The number of amides is 1. The average molecular weight is 377 g/mol. The van der Waals surface area contributed by atoms with Crippen LogP contribution in [0.3, 0.4) is 0 Å². The van der Waals surface area contributed by atoms with Crippen LogP contribution in [0.4, 0.5) is 0 Å². The summed E-state index contributed by atoms with van der Waals surface area (Å²) in [5, 5.41) is 3.86. The zero-order valence-corrected chi connectivity index (χ0v) is 15.5. The lowest BCUT2D eigenvalue weighted by Gasteiger charge is -2.05. The van der Waals surface area contributed by atoms with Gasteiger partial charge in [0.25, 0.3) is 5.91 Å². The summed E-state index contributed by atoms with van der Waals surface area (Å²) in [4.78, 5) is 12.7. The van der Waals surface area contributed by atoms with Crippen LogP contribution in [0, 0.1) is 0 Å². The topological polar surface area (TPSA) is 55.4 Å². The van der Waals surface area contributed by atoms with Crippen molar-refractivity contribution < 1.29 is 13.6 Å². The molecule has 0 aliphatic rings. The summed E-state index contributed by atoms with van der Waals surface area (Å²) in [6.07, 6.45) is 1.59. The first kappa shape index (κ1) is 17.5. The van der Waals surface area contributed by atoms with E-state index >= 15 is 0 Å². The lowest BCUT2D eigenvalue weighted by molar-refractivity contribution is 0.0921.